The highest BCUT2D eigenvalue weighted by atomic mass is 79.9. The summed E-state index contributed by atoms with van der Waals surface area (Å²) in [6.07, 6.45) is 4.25. The van der Waals surface area contributed by atoms with Gasteiger partial charge in [0.05, 0.1) is 18.1 Å². The monoisotopic (exact) mass is 533 g/mol. The van der Waals surface area contributed by atoms with Crippen LogP contribution in [0.15, 0.2) is 64.0 Å². The smallest absolute Gasteiger partial charge is 0.253 e. The van der Waals surface area contributed by atoms with E-state index < -0.39 is 10.0 Å². The third-order valence-electron chi connectivity index (χ3n) is 5.90. The van der Waals surface area contributed by atoms with Crippen molar-refractivity contribution in [3.63, 3.8) is 0 Å². The van der Waals surface area contributed by atoms with Gasteiger partial charge in [0.25, 0.3) is 5.91 Å². The maximum absolute atomic E-state index is 13.1. The van der Waals surface area contributed by atoms with E-state index >= 15 is 0 Å². The summed E-state index contributed by atoms with van der Waals surface area (Å²) in [7, 11) is -3.70. The summed E-state index contributed by atoms with van der Waals surface area (Å²) >= 11 is 3.35. The number of amides is 1. The molecule has 0 saturated carbocycles. The van der Waals surface area contributed by atoms with E-state index in [2.05, 4.69) is 45.1 Å². The SMILES string of the molecule is O=C(c1ccc(Br)c(S(=O)(=O)N2CCOCC2)c1)N1CCN(C/C=C/c2ccccc2)CC1. The molecule has 1 amide bonds. The molecular weight excluding hydrogens is 506 g/mol. The summed E-state index contributed by atoms with van der Waals surface area (Å²) in [5.74, 6) is -0.139. The Balaban J connectivity index is 1.38. The number of ether oxygens (including phenoxy) is 1. The topological polar surface area (TPSA) is 70.2 Å². The van der Waals surface area contributed by atoms with Crippen LogP contribution in [0.2, 0.25) is 0 Å². The van der Waals surface area contributed by atoms with Gasteiger partial charge in [-0.25, -0.2) is 8.42 Å². The van der Waals surface area contributed by atoms with E-state index in [0.717, 1.165) is 19.6 Å². The zero-order chi connectivity index (χ0) is 23.3. The number of hydrogen-bond acceptors (Lipinski definition) is 5. The Hall–Kier alpha value is -2.04. The summed E-state index contributed by atoms with van der Waals surface area (Å²) in [6, 6.07) is 15.0. The van der Waals surface area contributed by atoms with Gasteiger partial charge < -0.3 is 9.64 Å². The zero-order valence-electron chi connectivity index (χ0n) is 18.4. The Labute approximate surface area is 203 Å². The van der Waals surface area contributed by atoms with Gasteiger partial charge in [0.1, 0.15) is 0 Å². The van der Waals surface area contributed by atoms with Crippen molar-refractivity contribution in [2.24, 2.45) is 0 Å². The second-order valence-corrected chi connectivity index (χ2v) is 10.8. The molecule has 2 aliphatic heterocycles. The number of morpholine rings is 1. The number of carbonyl (C=O) groups excluding carboxylic acids is 1. The van der Waals surface area contributed by atoms with Crippen LogP contribution in [-0.4, -0.2) is 87.5 Å². The van der Waals surface area contributed by atoms with Gasteiger partial charge in [0, 0.05) is 55.8 Å². The second-order valence-electron chi connectivity index (χ2n) is 8.07. The van der Waals surface area contributed by atoms with Crippen LogP contribution in [0.3, 0.4) is 0 Å². The summed E-state index contributed by atoms with van der Waals surface area (Å²) in [4.78, 5) is 17.3. The number of hydrogen-bond donors (Lipinski definition) is 0. The maximum atomic E-state index is 13.1. The summed E-state index contributed by atoms with van der Waals surface area (Å²) in [5, 5.41) is 0. The minimum absolute atomic E-state index is 0.125. The first-order valence-electron chi connectivity index (χ1n) is 11.1. The van der Waals surface area contributed by atoms with Gasteiger partial charge in [0.2, 0.25) is 10.0 Å². The van der Waals surface area contributed by atoms with E-state index in [1.54, 1.807) is 17.0 Å². The van der Waals surface area contributed by atoms with E-state index in [1.807, 2.05) is 18.2 Å². The number of piperazine rings is 1. The fourth-order valence-electron chi connectivity index (χ4n) is 3.98. The molecule has 0 N–H and O–H groups in total. The lowest BCUT2D eigenvalue weighted by Crippen LogP contribution is -2.48. The molecule has 2 fully saturated rings. The van der Waals surface area contributed by atoms with Crippen LogP contribution in [0.1, 0.15) is 15.9 Å². The number of nitrogens with zero attached hydrogens (tertiary/aromatic N) is 3. The molecule has 9 heteroatoms. The Bertz CT molecular complexity index is 1090. The Kier molecular flexibility index (Phi) is 7.98. The molecule has 2 aromatic carbocycles. The van der Waals surface area contributed by atoms with Gasteiger partial charge in [-0.2, -0.15) is 4.31 Å². The van der Waals surface area contributed by atoms with Crippen LogP contribution in [0.5, 0.6) is 0 Å². The number of benzene rings is 2. The Morgan fingerprint density at radius 1 is 0.970 bits per heavy atom. The first-order valence-corrected chi connectivity index (χ1v) is 13.3. The van der Waals surface area contributed by atoms with Crippen LogP contribution in [0, 0.1) is 0 Å². The first-order chi connectivity index (χ1) is 15.9. The molecule has 2 aromatic rings. The van der Waals surface area contributed by atoms with E-state index in [9.17, 15) is 13.2 Å². The van der Waals surface area contributed by atoms with Crippen LogP contribution >= 0.6 is 15.9 Å². The van der Waals surface area contributed by atoms with Crippen molar-refractivity contribution >= 4 is 37.9 Å². The zero-order valence-corrected chi connectivity index (χ0v) is 20.8. The highest BCUT2D eigenvalue weighted by molar-refractivity contribution is 9.10. The molecule has 0 bridgehead atoms. The fraction of sp³-hybridized carbons (Fsp3) is 0.375. The van der Waals surface area contributed by atoms with Crippen molar-refractivity contribution in [3.05, 3.63) is 70.2 Å². The third kappa shape index (κ3) is 5.91. The standard InChI is InChI=1S/C24H28BrN3O4S/c25-22-9-8-21(19-23(22)33(30,31)28-15-17-32-18-16-28)24(29)27-13-11-26(12-14-27)10-4-7-20-5-2-1-3-6-20/h1-9,19H,10-18H2/b7-4+. The molecule has 2 heterocycles. The molecule has 0 radical (unpaired) electrons. The molecule has 2 aliphatic rings. The quantitative estimate of drug-likeness (QED) is 0.570. The van der Waals surface area contributed by atoms with Crippen molar-refractivity contribution in [1.82, 2.24) is 14.1 Å². The van der Waals surface area contributed by atoms with Gasteiger partial charge in [-0.3, -0.25) is 9.69 Å². The van der Waals surface area contributed by atoms with Crippen molar-refractivity contribution in [2.75, 3.05) is 59.0 Å². The molecule has 0 aromatic heterocycles. The van der Waals surface area contributed by atoms with E-state index in [-0.39, 0.29) is 10.8 Å². The number of carbonyl (C=O) groups is 1. The molecule has 0 atom stereocenters. The highest BCUT2D eigenvalue weighted by Crippen LogP contribution is 2.27. The average Bonchev–Trinajstić information content (AvgIpc) is 2.85. The van der Waals surface area contributed by atoms with Crippen LogP contribution < -0.4 is 0 Å². The minimum atomic E-state index is -3.70. The molecule has 4 rings (SSSR count). The Morgan fingerprint density at radius 2 is 1.67 bits per heavy atom. The summed E-state index contributed by atoms with van der Waals surface area (Å²) in [6.45, 7) is 4.98. The largest absolute Gasteiger partial charge is 0.379 e. The van der Waals surface area contributed by atoms with Gasteiger partial charge in [0.15, 0.2) is 0 Å². The molecule has 33 heavy (non-hydrogen) atoms. The lowest BCUT2D eigenvalue weighted by Gasteiger charge is -2.34. The predicted octanol–water partition coefficient (Wildman–Crippen LogP) is 2.94. The number of halogens is 1. The lowest BCUT2D eigenvalue weighted by molar-refractivity contribution is 0.0650. The fourth-order valence-corrected chi connectivity index (χ4v) is 6.34. The predicted molar refractivity (Wildman–Crippen MR) is 132 cm³/mol. The van der Waals surface area contributed by atoms with Crippen LogP contribution in [0.4, 0.5) is 0 Å². The molecular formula is C24H28BrN3O4S. The number of sulfonamides is 1. The van der Waals surface area contributed by atoms with Crippen LogP contribution in [-0.2, 0) is 14.8 Å². The van der Waals surface area contributed by atoms with Crippen LogP contribution in [0.25, 0.3) is 6.08 Å². The molecule has 176 valence electrons. The van der Waals surface area contributed by atoms with E-state index in [1.165, 1.54) is 15.9 Å². The van der Waals surface area contributed by atoms with Crippen molar-refractivity contribution in [2.45, 2.75) is 4.90 Å². The summed E-state index contributed by atoms with van der Waals surface area (Å²) < 4.78 is 33.4. The van der Waals surface area contributed by atoms with E-state index in [0.29, 0.717) is 49.4 Å². The lowest BCUT2D eigenvalue weighted by atomic mass is 10.1. The maximum Gasteiger partial charge on any atom is 0.253 e. The Morgan fingerprint density at radius 3 is 2.36 bits per heavy atom. The van der Waals surface area contributed by atoms with Gasteiger partial charge in [-0.1, -0.05) is 42.5 Å². The van der Waals surface area contributed by atoms with Gasteiger partial charge >= 0.3 is 0 Å². The minimum Gasteiger partial charge on any atom is -0.379 e. The average molecular weight is 534 g/mol. The van der Waals surface area contributed by atoms with Crippen molar-refractivity contribution < 1.29 is 17.9 Å². The molecule has 0 aliphatic carbocycles. The number of rotatable bonds is 6. The van der Waals surface area contributed by atoms with E-state index in [4.69, 9.17) is 4.74 Å². The highest BCUT2D eigenvalue weighted by Gasteiger charge is 2.30. The molecule has 7 nitrogen and oxygen atoms in total. The molecule has 0 unspecified atom stereocenters. The summed E-state index contributed by atoms with van der Waals surface area (Å²) in [5.41, 5.74) is 1.56. The second kappa shape index (κ2) is 10.9. The van der Waals surface area contributed by atoms with Gasteiger partial charge in [-0.15, -0.1) is 0 Å². The van der Waals surface area contributed by atoms with Crippen molar-refractivity contribution in [1.29, 1.82) is 0 Å². The normalized spacial score (nSPS) is 18.6. The van der Waals surface area contributed by atoms with Crippen molar-refractivity contribution in [3.8, 4) is 0 Å². The third-order valence-corrected chi connectivity index (χ3v) is 8.79. The molecule has 0 spiro atoms. The first kappa shape index (κ1) is 24.1. The van der Waals surface area contributed by atoms with Gasteiger partial charge in [-0.05, 0) is 39.7 Å². The molecule has 2 saturated heterocycles.